The zero-order valence-corrected chi connectivity index (χ0v) is 24.4. The van der Waals surface area contributed by atoms with Gasteiger partial charge in [-0.1, -0.05) is 36.4 Å². The maximum atomic E-state index is 13.5. The van der Waals surface area contributed by atoms with Crippen molar-refractivity contribution >= 4 is 12.0 Å². The molecule has 0 bridgehead atoms. The van der Waals surface area contributed by atoms with Gasteiger partial charge in [-0.2, -0.15) is 18.4 Å². The van der Waals surface area contributed by atoms with Crippen LogP contribution in [0.5, 0.6) is 28.9 Å². The molecule has 1 amide bonds. The Hall–Kier alpha value is -5.92. The minimum atomic E-state index is -4.67. The van der Waals surface area contributed by atoms with E-state index in [2.05, 4.69) is 25.9 Å². The molecule has 1 aliphatic heterocycles. The Morgan fingerprint density at radius 1 is 1.02 bits per heavy atom. The molecule has 1 aliphatic rings. The van der Waals surface area contributed by atoms with E-state index in [4.69, 9.17) is 23.9 Å². The van der Waals surface area contributed by atoms with Gasteiger partial charge in [0.05, 0.1) is 23.8 Å². The number of methoxy groups -OCH3 is 1. The number of H-pyrrole nitrogens is 1. The summed E-state index contributed by atoms with van der Waals surface area (Å²) in [6, 6.07) is 17.0. The summed E-state index contributed by atoms with van der Waals surface area (Å²) in [5.74, 6) is 1.67. The fourth-order valence-corrected chi connectivity index (χ4v) is 4.91. The molecule has 11 nitrogen and oxygen atoms in total. The van der Waals surface area contributed by atoms with Crippen LogP contribution in [0.4, 0.5) is 13.2 Å². The summed E-state index contributed by atoms with van der Waals surface area (Å²) in [5.41, 5.74) is 1.43. The van der Waals surface area contributed by atoms with Gasteiger partial charge in [0.25, 0.3) is 5.91 Å². The maximum Gasteiger partial charge on any atom is 0.417 e. The highest BCUT2D eigenvalue weighted by molar-refractivity contribution is 5.96. The van der Waals surface area contributed by atoms with Crippen LogP contribution in [0.2, 0.25) is 0 Å². The molecule has 6 rings (SSSR count). The van der Waals surface area contributed by atoms with E-state index < -0.39 is 23.2 Å². The molecule has 0 spiro atoms. The molecule has 0 fully saturated rings. The van der Waals surface area contributed by atoms with Crippen LogP contribution in [0.15, 0.2) is 72.8 Å². The quantitative estimate of drug-likeness (QED) is 0.194. The molecule has 0 saturated heterocycles. The lowest BCUT2D eigenvalue weighted by Crippen LogP contribution is -2.26. The minimum absolute atomic E-state index is 0.0699. The molecule has 0 unspecified atom stereocenters. The average molecular weight is 631 g/mol. The fraction of sp³-hybridized carbons (Fsp3) is 0.156. The Morgan fingerprint density at radius 2 is 1.78 bits per heavy atom. The van der Waals surface area contributed by atoms with Crippen LogP contribution in [0.3, 0.4) is 0 Å². The van der Waals surface area contributed by atoms with Crippen molar-refractivity contribution in [1.29, 1.82) is 0 Å². The van der Waals surface area contributed by atoms with Crippen molar-refractivity contribution in [2.45, 2.75) is 13.1 Å². The van der Waals surface area contributed by atoms with Crippen molar-refractivity contribution in [2.75, 3.05) is 20.4 Å². The average Bonchev–Trinajstić information content (AvgIpc) is 3.76. The van der Waals surface area contributed by atoms with Crippen molar-refractivity contribution in [1.82, 2.24) is 30.9 Å². The Labute approximate surface area is 260 Å². The molecule has 0 aliphatic carbocycles. The third-order valence-electron chi connectivity index (χ3n) is 7.04. The number of hydrogen-bond donors (Lipinski definition) is 2. The smallest absolute Gasteiger partial charge is 0.417 e. The molecule has 3 aromatic carbocycles. The number of fused-ring (bicyclic) bond motifs is 1. The number of halogens is 3. The summed E-state index contributed by atoms with van der Waals surface area (Å²) >= 11 is 0. The first-order valence-corrected chi connectivity index (χ1v) is 13.8. The molecule has 46 heavy (non-hydrogen) atoms. The van der Waals surface area contributed by atoms with Crippen molar-refractivity contribution in [3.8, 4) is 51.4 Å². The van der Waals surface area contributed by atoms with Crippen LogP contribution in [-0.4, -0.2) is 52.0 Å². The monoisotopic (exact) mass is 630 g/mol. The predicted molar refractivity (Wildman–Crippen MR) is 160 cm³/mol. The van der Waals surface area contributed by atoms with Gasteiger partial charge in [-0.3, -0.25) is 4.79 Å². The summed E-state index contributed by atoms with van der Waals surface area (Å²) in [6.07, 6.45) is -1.34. The van der Waals surface area contributed by atoms with Crippen molar-refractivity contribution in [3.63, 3.8) is 0 Å². The highest BCUT2D eigenvalue weighted by Crippen LogP contribution is 2.44. The van der Waals surface area contributed by atoms with E-state index in [1.54, 1.807) is 56.5 Å². The Morgan fingerprint density at radius 3 is 2.52 bits per heavy atom. The van der Waals surface area contributed by atoms with Crippen LogP contribution < -0.4 is 24.3 Å². The number of benzene rings is 3. The lowest BCUT2D eigenvalue weighted by Gasteiger charge is -2.18. The standard InChI is InChI=1S/C32H25F3N6O5/c1-18-22(7-5-15-36-30(42)23-6-3-4-8-24(23)32(33,34)35)27(19-9-11-20(43-2)12-10-19)28(29-38-40-41-39-29)31(37-18)46-21-13-14-25-26(16-21)45-17-44-25/h3-14,16H,15,17H2,1-2H3,(H,36,42)(H,38,39,40,41). The first-order valence-electron chi connectivity index (χ1n) is 13.8. The van der Waals surface area contributed by atoms with Gasteiger partial charge in [0.2, 0.25) is 18.5 Å². The van der Waals surface area contributed by atoms with Crippen LogP contribution >= 0.6 is 0 Å². The highest BCUT2D eigenvalue weighted by Gasteiger charge is 2.34. The molecule has 14 heteroatoms. The Bertz CT molecular complexity index is 1910. The van der Waals surface area contributed by atoms with Crippen LogP contribution in [-0.2, 0) is 6.18 Å². The molecule has 0 radical (unpaired) electrons. The van der Waals surface area contributed by atoms with Crippen molar-refractivity contribution in [2.24, 2.45) is 0 Å². The zero-order valence-electron chi connectivity index (χ0n) is 24.4. The van der Waals surface area contributed by atoms with E-state index in [0.717, 1.165) is 17.7 Å². The SMILES string of the molecule is COc1ccc(-c2c(C=CCNC(=O)c3ccccc3C(F)(F)F)c(C)nc(Oc3ccc4c(c3)OCO4)c2-c2nn[nH]n2)cc1. The second-order valence-electron chi connectivity index (χ2n) is 9.90. The first-order chi connectivity index (χ1) is 22.2. The third kappa shape index (κ3) is 6.18. The summed E-state index contributed by atoms with van der Waals surface area (Å²) in [4.78, 5) is 17.4. The number of nitrogens with one attached hydrogen (secondary N) is 2. The van der Waals surface area contributed by atoms with Crippen LogP contribution in [0.1, 0.15) is 27.2 Å². The molecular formula is C32H25F3N6O5. The molecular weight excluding hydrogens is 605 g/mol. The summed E-state index contributed by atoms with van der Waals surface area (Å²) in [6.45, 7) is 1.80. The van der Waals surface area contributed by atoms with Gasteiger partial charge in [-0.05, 0) is 54.1 Å². The number of pyridine rings is 1. The van der Waals surface area contributed by atoms with Crippen LogP contribution in [0, 0.1) is 6.92 Å². The molecule has 2 N–H and O–H groups in total. The molecule has 3 heterocycles. The third-order valence-corrected chi connectivity index (χ3v) is 7.04. The van der Waals surface area contributed by atoms with Gasteiger partial charge < -0.3 is 24.3 Å². The number of carbonyl (C=O) groups is 1. The number of tetrazole rings is 1. The molecule has 0 saturated carbocycles. The second kappa shape index (κ2) is 12.6. The van der Waals surface area contributed by atoms with Gasteiger partial charge in [0.15, 0.2) is 11.5 Å². The maximum absolute atomic E-state index is 13.5. The molecule has 0 atom stereocenters. The number of rotatable bonds is 9. The van der Waals surface area contributed by atoms with Gasteiger partial charge >= 0.3 is 6.18 Å². The van der Waals surface area contributed by atoms with E-state index in [1.807, 2.05) is 12.1 Å². The van der Waals surface area contributed by atoms with Crippen molar-refractivity contribution in [3.05, 3.63) is 95.2 Å². The summed E-state index contributed by atoms with van der Waals surface area (Å²) in [7, 11) is 1.56. The number of aromatic nitrogens is 5. The Kier molecular flexibility index (Phi) is 8.25. The summed E-state index contributed by atoms with van der Waals surface area (Å²) in [5, 5.41) is 17.1. The second-order valence-corrected chi connectivity index (χ2v) is 9.90. The fourth-order valence-electron chi connectivity index (χ4n) is 4.91. The number of aromatic amines is 1. The number of nitrogens with zero attached hydrogens (tertiary/aromatic N) is 4. The van der Waals surface area contributed by atoms with Gasteiger partial charge in [-0.25, -0.2) is 4.98 Å². The predicted octanol–water partition coefficient (Wildman–Crippen LogP) is 6.23. The van der Waals surface area contributed by atoms with E-state index in [0.29, 0.717) is 45.4 Å². The van der Waals surface area contributed by atoms with E-state index >= 15 is 0 Å². The van der Waals surface area contributed by atoms with E-state index in [1.165, 1.54) is 12.1 Å². The molecule has 234 valence electrons. The first kappa shape index (κ1) is 30.1. The summed E-state index contributed by atoms with van der Waals surface area (Å²) < 4.78 is 62.9. The number of amides is 1. The minimum Gasteiger partial charge on any atom is -0.497 e. The van der Waals surface area contributed by atoms with Gasteiger partial charge in [0, 0.05) is 29.4 Å². The lowest BCUT2D eigenvalue weighted by atomic mass is 9.93. The van der Waals surface area contributed by atoms with Gasteiger partial charge in [-0.15, -0.1) is 10.2 Å². The number of ether oxygens (including phenoxy) is 4. The number of hydrogen-bond acceptors (Lipinski definition) is 9. The normalized spacial score (nSPS) is 12.4. The number of aryl methyl sites for hydroxylation is 1. The van der Waals surface area contributed by atoms with Crippen LogP contribution in [0.25, 0.3) is 28.6 Å². The molecule has 5 aromatic rings. The highest BCUT2D eigenvalue weighted by atomic mass is 19.4. The number of alkyl halides is 3. The number of carbonyl (C=O) groups excluding carboxylic acids is 1. The lowest BCUT2D eigenvalue weighted by molar-refractivity contribution is -0.137. The van der Waals surface area contributed by atoms with E-state index in [9.17, 15) is 18.0 Å². The topological polar surface area (TPSA) is 133 Å². The zero-order chi connectivity index (χ0) is 32.3. The van der Waals surface area contributed by atoms with E-state index in [-0.39, 0.29) is 25.0 Å². The molecule has 2 aromatic heterocycles. The van der Waals surface area contributed by atoms with Gasteiger partial charge in [0.1, 0.15) is 11.5 Å². The Balaban J connectivity index is 1.39. The van der Waals surface area contributed by atoms with Crippen molar-refractivity contribution < 1.29 is 36.9 Å². The largest absolute Gasteiger partial charge is 0.497 e.